The second-order valence-electron chi connectivity index (χ2n) is 6.30. The summed E-state index contributed by atoms with van der Waals surface area (Å²) in [4.78, 5) is 18.7. The number of nitrogens with zero attached hydrogens (tertiary/aromatic N) is 3. The molecule has 2 heterocycles. The second-order valence-corrected chi connectivity index (χ2v) is 6.30. The van der Waals surface area contributed by atoms with Gasteiger partial charge in [-0.1, -0.05) is 12.1 Å². The highest BCUT2D eigenvalue weighted by Gasteiger charge is 2.28. The van der Waals surface area contributed by atoms with Gasteiger partial charge in [-0.3, -0.25) is 4.79 Å². The molecule has 0 aliphatic carbocycles. The third kappa shape index (κ3) is 3.24. The Bertz CT molecular complexity index is 528. The number of anilines is 1. The quantitative estimate of drug-likeness (QED) is 0.854. The minimum Gasteiger partial charge on any atom is -0.366 e. The van der Waals surface area contributed by atoms with E-state index in [1.807, 2.05) is 15.9 Å². The lowest BCUT2D eigenvalue weighted by molar-refractivity contribution is -0.132. The number of halogens is 1. The van der Waals surface area contributed by atoms with Gasteiger partial charge in [-0.05, 0) is 38.6 Å². The molecule has 4 nitrogen and oxygen atoms in total. The standard InChI is InChI=1S/C17H24FN3O/c1-19-8-4-5-14(19)13-17(22)21-11-9-20(10-12-21)16-7-3-2-6-15(16)18/h2-3,6-7,14H,4-5,8-13H2,1H3. The fraction of sp³-hybridized carbons (Fsp3) is 0.588. The number of carbonyl (C=O) groups excluding carboxylic acids is 1. The lowest BCUT2D eigenvalue weighted by Gasteiger charge is -2.37. The predicted octanol–water partition coefficient (Wildman–Crippen LogP) is 1.96. The molecule has 0 bridgehead atoms. The van der Waals surface area contributed by atoms with Gasteiger partial charge in [0, 0.05) is 38.6 Å². The summed E-state index contributed by atoms with van der Waals surface area (Å²) in [5.41, 5.74) is 0.644. The lowest BCUT2D eigenvalue weighted by Crippen LogP contribution is -2.50. The van der Waals surface area contributed by atoms with Crippen molar-refractivity contribution in [1.82, 2.24) is 9.80 Å². The molecule has 2 aliphatic rings. The van der Waals surface area contributed by atoms with Crippen LogP contribution in [0.2, 0.25) is 0 Å². The highest BCUT2D eigenvalue weighted by molar-refractivity contribution is 5.77. The molecule has 120 valence electrons. The van der Waals surface area contributed by atoms with E-state index < -0.39 is 0 Å². The lowest BCUT2D eigenvalue weighted by atomic mass is 10.1. The Hall–Kier alpha value is -1.62. The summed E-state index contributed by atoms with van der Waals surface area (Å²) in [6, 6.07) is 7.25. The highest BCUT2D eigenvalue weighted by Crippen LogP contribution is 2.22. The number of para-hydroxylation sites is 1. The zero-order valence-electron chi connectivity index (χ0n) is 13.2. The first kappa shape index (κ1) is 15.3. The number of hydrogen-bond donors (Lipinski definition) is 0. The van der Waals surface area contributed by atoms with Crippen LogP contribution in [0.1, 0.15) is 19.3 Å². The van der Waals surface area contributed by atoms with E-state index in [1.165, 1.54) is 12.5 Å². The zero-order valence-corrected chi connectivity index (χ0v) is 13.2. The molecule has 2 fully saturated rings. The summed E-state index contributed by atoms with van der Waals surface area (Å²) in [6.45, 7) is 3.87. The van der Waals surface area contributed by atoms with Gasteiger partial charge >= 0.3 is 0 Å². The van der Waals surface area contributed by atoms with Gasteiger partial charge in [0.15, 0.2) is 0 Å². The molecule has 1 atom stereocenters. The number of amides is 1. The van der Waals surface area contributed by atoms with E-state index in [0.717, 1.165) is 13.0 Å². The molecule has 0 aromatic heterocycles. The van der Waals surface area contributed by atoms with Crippen molar-refractivity contribution in [3.63, 3.8) is 0 Å². The molecule has 0 saturated carbocycles. The molecular formula is C17H24FN3O. The largest absolute Gasteiger partial charge is 0.366 e. The van der Waals surface area contributed by atoms with Crippen molar-refractivity contribution in [2.24, 2.45) is 0 Å². The molecular weight excluding hydrogens is 281 g/mol. The summed E-state index contributed by atoms with van der Waals surface area (Å²) in [7, 11) is 2.10. The monoisotopic (exact) mass is 305 g/mol. The molecule has 2 aliphatic heterocycles. The van der Waals surface area contributed by atoms with E-state index in [-0.39, 0.29) is 11.7 Å². The smallest absolute Gasteiger partial charge is 0.224 e. The average molecular weight is 305 g/mol. The number of piperazine rings is 1. The maximum absolute atomic E-state index is 13.8. The van der Waals surface area contributed by atoms with Crippen LogP contribution in [-0.4, -0.2) is 61.5 Å². The predicted molar refractivity (Wildman–Crippen MR) is 85.5 cm³/mol. The Morgan fingerprint density at radius 3 is 2.55 bits per heavy atom. The van der Waals surface area contributed by atoms with E-state index in [0.29, 0.717) is 44.3 Å². The molecule has 0 radical (unpaired) electrons. The van der Waals surface area contributed by atoms with E-state index in [4.69, 9.17) is 0 Å². The van der Waals surface area contributed by atoms with Gasteiger partial charge in [-0.15, -0.1) is 0 Å². The summed E-state index contributed by atoms with van der Waals surface area (Å²) in [6.07, 6.45) is 2.93. The minimum absolute atomic E-state index is 0.185. The Balaban J connectivity index is 1.53. The van der Waals surface area contributed by atoms with Crippen LogP contribution in [0.5, 0.6) is 0 Å². The van der Waals surface area contributed by atoms with E-state index in [2.05, 4.69) is 11.9 Å². The first-order valence-corrected chi connectivity index (χ1v) is 8.12. The summed E-state index contributed by atoms with van der Waals surface area (Å²) in [5, 5.41) is 0. The van der Waals surface area contributed by atoms with Gasteiger partial charge in [0.2, 0.25) is 5.91 Å². The fourth-order valence-electron chi connectivity index (χ4n) is 3.47. The van der Waals surface area contributed by atoms with Gasteiger partial charge < -0.3 is 14.7 Å². The van der Waals surface area contributed by atoms with Gasteiger partial charge in [0.1, 0.15) is 5.82 Å². The summed E-state index contributed by atoms with van der Waals surface area (Å²) in [5.74, 6) is 0.0572. The number of carbonyl (C=O) groups is 1. The number of hydrogen-bond acceptors (Lipinski definition) is 3. The topological polar surface area (TPSA) is 26.8 Å². The van der Waals surface area contributed by atoms with Crippen LogP contribution in [0.4, 0.5) is 10.1 Å². The van der Waals surface area contributed by atoms with Gasteiger partial charge in [-0.2, -0.15) is 0 Å². The third-order valence-corrected chi connectivity index (χ3v) is 4.91. The van der Waals surface area contributed by atoms with Crippen LogP contribution < -0.4 is 4.90 Å². The molecule has 2 saturated heterocycles. The molecule has 1 aromatic carbocycles. The van der Waals surface area contributed by atoms with Crippen LogP contribution in [0.3, 0.4) is 0 Å². The normalized spacial score (nSPS) is 23.1. The van der Waals surface area contributed by atoms with Crippen molar-refractivity contribution in [1.29, 1.82) is 0 Å². The first-order chi connectivity index (χ1) is 10.6. The van der Waals surface area contributed by atoms with Gasteiger partial charge in [-0.25, -0.2) is 4.39 Å². The molecule has 1 unspecified atom stereocenters. The zero-order chi connectivity index (χ0) is 15.5. The third-order valence-electron chi connectivity index (χ3n) is 4.91. The Morgan fingerprint density at radius 2 is 1.91 bits per heavy atom. The van der Waals surface area contributed by atoms with Crippen molar-refractivity contribution in [3.8, 4) is 0 Å². The summed E-state index contributed by atoms with van der Waals surface area (Å²) < 4.78 is 13.8. The Morgan fingerprint density at radius 1 is 1.18 bits per heavy atom. The molecule has 1 amide bonds. The molecule has 1 aromatic rings. The second kappa shape index (κ2) is 6.65. The average Bonchev–Trinajstić information content (AvgIpc) is 2.93. The van der Waals surface area contributed by atoms with Crippen molar-refractivity contribution < 1.29 is 9.18 Å². The van der Waals surface area contributed by atoms with E-state index in [9.17, 15) is 9.18 Å². The SMILES string of the molecule is CN1CCCC1CC(=O)N1CCN(c2ccccc2F)CC1. The fourth-order valence-corrected chi connectivity index (χ4v) is 3.47. The molecule has 0 spiro atoms. The maximum Gasteiger partial charge on any atom is 0.224 e. The summed E-state index contributed by atoms with van der Waals surface area (Å²) >= 11 is 0. The van der Waals surface area contributed by atoms with Gasteiger partial charge in [0.25, 0.3) is 0 Å². The number of rotatable bonds is 3. The number of likely N-dealkylation sites (tertiary alicyclic amines) is 1. The Labute approximate surface area is 131 Å². The van der Waals surface area contributed by atoms with Crippen molar-refractivity contribution >= 4 is 11.6 Å². The Kier molecular flexibility index (Phi) is 4.62. The van der Waals surface area contributed by atoms with E-state index >= 15 is 0 Å². The molecule has 0 N–H and O–H groups in total. The van der Waals surface area contributed by atoms with Crippen LogP contribution >= 0.6 is 0 Å². The van der Waals surface area contributed by atoms with Crippen LogP contribution in [0.25, 0.3) is 0 Å². The van der Waals surface area contributed by atoms with Crippen molar-refractivity contribution in [2.75, 3.05) is 44.7 Å². The van der Waals surface area contributed by atoms with Crippen molar-refractivity contribution in [3.05, 3.63) is 30.1 Å². The first-order valence-electron chi connectivity index (χ1n) is 8.12. The van der Waals surface area contributed by atoms with Crippen LogP contribution in [-0.2, 0) is 4.79 Å². The van der Waals surface area contributed by atoms with Gasteiger partial charge in [0.05, 0.1) is 5.69 Å². The number of benzene rings is 1. The van der Waals surface area contributed by atoms with Crippen molar-refractivity contribution in [2.45, 2.75) is 25.3 Å². The molecule has 3 rings (SSSR count). The maximum atomic E-state index is 13.8. The molecule has 22 heavy (non-hydrogen) atoms. The minimum atomic E-state index is -0.185. The molecule has 5 heteroatoms. The van der Waals surface area contributed by atoms with Crippen LogP contribution in [0, 0.1) is 5.82 Å². The van der Waals surface area contributed by atoms with Crippen LogP contribution in [0.15, 0.2) is 24.3 Å². The highest BCUT2D eigenvalue weighted by atomic mass is 19.1. The van der Waals surface area contributed by atoms with E-state index in [1.54, 1.807) is 12.1 Å².